The number of rotatable bonds is 9. The Morgan fingerprint density at radius 3 is 2.70 bits per heavy atom. The number of methoxy groups -OCH3 is 1. The third-order valence-corrected chi connectivity index (χ3v) is 8.23. The Bertz CT molecular complexity index is 1470. The van der Waals surface area contributed by atoms with Crippen molar-refractivity contribution in [1.29, 1.82) is 0 Å². The molecule has 6 N–H and O–H groups in total. The lowest BCUT2D eigenvalue weighted by Gasteiger charge is -2.30. The van der Waals surface area contributed by atoms with Crippen LogP contribution in [0.2, 0.25) is 0 Å². The van der Waals surface area contributed by atoms with Crippen LogP contribution in [0.25, 0.3) is 0 Å². The second-order valence-corrected chi connectivity index (χ2v) is 10.7. The number of fused-ring (bicyclic) bond motifs is 1. The van der Waals surface area contributed by atoms with E-state index in [2.05, 4.69) is 10.6 Å². The predicted molar refractivity (Wildman–Crippen MR) is 152 cm³/mol. The molecule has 1 aliphatic heterocycles. The van der Waals surface area contributed by atoms with Crippen molar-refractivity contribution in [3.05, 3.63) is 79.8 Å². The van der Waals surface area contributed by atoms with Gasteiger partial charge in [0, 0.05) is 36.3 Å². The van der Waals surface area contributed by atoms with Gasteiger partial charge in [-0.2, -0.15) is 0 Å². The van der Waals surface area contributed by atoms with Crippen LogP contribution >= 0.6 is 11.3 Å². The normalized spacial score (nSPS) is 13.2. The highest BCUT2D eigenvalue weighted by Gasteiger charge is 2.30. The van der Waals surface area contributed by atoms with E-state index in [0.29, 0.717) is 47.6 Å². The summed E-state index contributed by atoms with van der Waals surface area (Å²) < 4.78 is 18.9. The van der Waals surface area contributed by atoms with E-state index in [4.69, 9.17) is 15.9 Å². The van der Waals surface area contributed by atoms with Crippen molar-refractivity contribution in [3.8, 4) is 5.75 Å². The minimum Gasteiger partial charge on any atom is -0.496 e. The summed E-state index contributed by atoms with van der Waals surface area (Å²) in [6.45, 7) is 4.72. The number of nitrogen functional groups attached to an aromatic ring is 1. The standard InChI is InChI=1S/C29H32FN5O4S/c1-4-23(34-27(36)21-10-17(13-31)22(32)12-24(21)39-3)29(38)35-8-7-25-19(15-35)11-26(40-25)28(37)33-14-18-9-20(30)6-5-16(18)2/h5-6,9-13,23,31H,4,7-8,14-15,32H2,1-3H3,(H,33,37)(H,34,36)/p+1/t23-/m1/s1. The first-order valence-electron chi connectivity index (χ1n) is 12.9. The fraction of sp³-hybridized carbons (Fsp3) is 0.310. The summed E-state index contributed by atoms with van der Waals surface area (Å²) in [5.74, 6) is -0.992. The highest BCUT2D eigenvalue weighted by molar-refractivity contribution is 7.14. The third kappa shape index (κ3) is 6.15. The number of nitrogens with one attached hydrogen (secondary N) is 2. The third-order valence-electron chi connectivity index (χ3n) is 6.99. The number of nitrogens with two attached hydrogens (primary N) is 2. The molecule has 1 aliphatic rings. The Kier molecular flexibility index (Phi) is 8.83. The van der Waals surface area contributed by atoms with Crippen LogP contribution in [-0.2, 0) is 24.3 Å². The van der Waals surface area contributed by atoms with E-state index in [1.165, 1.54) is 48.9 Å². The first-order chi connectivity index (χ1) is 19.1. The van der Waals surface area contributed by atoms with E-state index in [-0.39, 0.29) is 35.5 Å². The van der Waals surface area contributed by atoms with Crippen LogP contribution in [0.15, 0.2) is 36.4 Å². The molecule has 0 spiro atoms. The van der Waals surface area contributed by atoms with Crippen LogP contribution < -0.4 is 26.5 Å². The quantitative estimate of drug-likeness (QED) is 0.232. The molecule has 4 rings (SSSR count). The Morgan fingerprint density at radius 2 is 2.00 bits per heavy atom. The van der Waals surface area contributed by atoms with E-state index >= 15 is 0 Å². The molecular weight excluding hydrogens is 533 g/mol. The number of nitrogens with zero attached hydrogens (tertiary/aromatic N) is 1. The van der Waals surface area contributed by atoms with Gasteiger partial charge in [-0.25, -0.2) is 4.39 Å². The minimum atomic E-state index is -0.752. The summed E-state index contributed by atoms with van der Waals surface area (Å²) in [6, 6.07) is 8.59. The molecule has 0 bridgehead atoms. The number of hydrogen-bond acceptors (Lipinski definition) is 6. The largest absolute Gasteiger partial charge is 0.496 e. The maximum Gasteiger partial charge on any atom is 0.261 e. The summed E-state index contributed by atoms with van der Waals surface area (Å²) in [4.78, 5) is 42.7. The van der Waals surface area contributed by atoms with Gasteiger partial charge in [-0.05, 0) is 60.7 Å². The molecule has 11 heteroatoms. The molecule has 3 amide bonds. The van der Waals surface area contributed by atoms with E-state index < -0.39 is 11.9 Å². The van der Waals surface area contributed by atoms with Gasteiger partial charge in [-0.3, -0.25) is 19.8 Å². The van der Waals surface area contributed by atoms with E-state index in [1.807, 2.05) is 13.8 Å². The van der Waals surface area contributed by atoms with Gasteiger partial charge in [0.15, 0.2) is 6.21 Å². The SMILES string of the molecule is CC[C@@H](NC(=O)c1cc(C=[NH2+])c(N)cc1OC)C(=O)N1CCc2sc(C(=O)NCc3cc(F)ccc3C)cc2C1. The molecule has 3 aromatic rings. The maximum absolute atomic E-state index is 13.6. The number of aryl methyl sites for hydroxylation is 1. The highest BCUT2D eigenvalue weighted by atomic mass is 32.1. The van der Waals surface area contributed by atoms with Crippen LogP contribution in [0.5, 0.6) is 5.75 Å². The molecule has 9 nitrogen and oxygen atoms in total. The summed E-state index contributed by atoms with van der Waals surface area (Å²) >= 11 is 1.40. The number of hydrogen-bond donors (Lipinski definition) is 4. The van der Waals surface area contributed by atoms with Crippen molar-refractivity contribution >= 4 is 41.0 Å². The second kappa shape index (κ2) is 12.3. The van der Waals surface area contributed by atoms with Crippen molar-refractivity contribution in [3.63, 3.8) is 0 Å². The lowest BCUT2D eigenvalue weighted by molar-refractivity contribution is -0.134. The second-order valence-electron chi connectivity index (χ2n) is 9.60. The Balaban J connectivity index is 1.42. The van der Waals surface area contributed by atoms with E-state index in [1.54, 1.807) is 17.0 Å². The molecule has 0 aliphatic carbocycles. The maximum atomic E-state index is 13.6. The molecule has 2 heterocycles. The zero-order valence-corrected chi connectivity index (χ0v) is 23.5. The molecular formula is C29H33FN5O4S+. The van der Waals surface area contributed by atoms with Gasteiger partial charge in [0.1, 0.15) is 17.6 Å². The predicted octanol–water partition coefficient (Wildman–Crippen LogP) is 1.99. The molecule has 1 aromatic heterocycles. The summed E-state index contributed by atoms with van der Waals surface area (Å²) in [5.41, 5.74) is 9.54. The zero-order valence-electron chi connectivity index (χ0n) is 22.7. The molecule has 0 saturated heterocycles. The van der Waals surface area contributed by atoms with E-state index in [0.717, 1.165) is 16.0 Å². The smallest absolute Gasteiger partial charge is 0.261 e. The number of carbonyl (C=O) groups is 3. The van der Waals surface area contributed by atoms with Gasteiger partial charge >= 0.3 is 0 Å². The average molecular weight is 567 g/mol. The monoisotopic (exact) mass is 566 g/mol. The highest BCUT2D eigenvalue weighted by Crippen LogP contribution is 2.29. The van der Waals surface area contributed by atoms with Crippen LogP contribution in [0.3, 0.4) is 0 Å². The van der Waals surface area contributed by atoms with Crippen molar-refractivity contribution in [1.82, 2.24) is 15.5 Å². The lowest BCUT2D eigenvalue weighted by atomic mass is 10.0. The Hall–Kier alpha value is -4.25. The van der Waals surface area contributed by atoms with Gasteiger partial charge < -0.3 is 26.0 Å². The number of amides is 3. The number of ether oxygens (including phenoxy) is 1. The van der Waals surface area contributed by atoms with Gasteiger partial charge in [0.25, 0.3) is 11.8 Å². The van der Waals surface area contributed by atoms with Crippen LogP contribution in [-0.4, -0.2) is 48.5 Å². The van der Waals surface area contributed by atoms with Gasteiger partial charge in [0.05, 0.1) is 23.1 Å². The molecule has 40 heavy (non-hydrogen) atoms. The zero-order chi connectivity index (χ0) is 29.0. The van der Waals surface area contributed by atoms with Crippen molar-refractivity contribution in [2.45, 2.75) is 45.8 Å². The summed E-state index contributed by atoms with van der Waals surface area (Å²) in [6.07, 6.45) is 2.29. The molecule has 1 atom stereocenters. The van der Waals surface area contributed by atoms with Crippen molar-refractivity contribution < 1.29 is 28.9 Å². The first-order valence-corrected chi connectivity index (χ1v) is 13.7. The molecule has 2 aromatic carbocycles. The van der Waals surface area contributed by atoms with Gasteiger partial charge in [-0.15, -0.1) is 11.3 Å². The fourth-order valence-corrected chi connectivity index (χ4v) is 5.70. The Labute approximate surface area is 236 Å². The molecule has 210 valence electrons. The van der Waals surface area contributed by atoms with Crippen molar-refractivity contribution in [2.75, 3.05) is 19.4 Å². The van der Waals surface area contributed by atoms with Crippen LogP contribution in [0.1, 0.15) is 60.5 Å². The summed E-state index contributed by atoms with van der Waals surface area (Å²) in [7, 11) is 1.43. The Morgan fingerprint density at radius 1 is 1.23 bits per heavy atom. The van der Waals surface area contributed by atoms with Gasteiger partial charge in [-0.1, -0.05) is 13.0 Å². The number of benzene rings is 2. The van der Waals surface area contributed by atoms with Gasteiger partial charge in [0.2, 0.25) is 5.91 Å². The molecule has 0 unspecified atom stereocenters. The number of carbonyl (C=O) groups excluding carboxylic acids is 3. The fourth-order valence-electron chi connectivity index (χ4n) is 4.62. The molecule has 0 fully saturated rings. The number of thiophene rings is 1. The first kappa shape index (κ1) is 28.8. The van der Waals surface area contributed by atoms with Crippen LogP contribution in [0, 0.1) is 12.7 Å². The molecule has 0 saturated carbocycles. The average Bonchev–Trinajstić information content (AvgIpc) is 3.39. The molecule has 0 radical (unpaired) electrons. The summed E-state index contributed by atoms with van der Waals surface area (Å²) in [5, 5.41) is 11.3. The van der Waals surface area contributed by atoms with E-state index in [9.17, 15) is 18.8 Å². The number of halogens is 1. The topological polar surface area (TPSA) is 139 Å². The lowest BCUT2D eigenvalue weighted by Crippen LogP contribution is -2.49. The van der Waals surface area contributed by atoms with Crippen LogP contribution in [0.4, 0.5) is 10.1 Å². The number of anilines is 1. The minimum absolute atomic E-state index is 0.208. The van der Waals surface area contributed by atoms with Crippen molar-refractivity contribution in [2.24, 2.45) is 0 Å².